The number of anilines is 2. The molecule has 1 aliphatic heterocycles. The summed E-state index contributed by atoms with van der Waals surface area (Å²) < 4.78 is 20.4. The van der Waals surface area contributed by atoms with Crippen molar-refractivity contribution in [3.05, 3.63) is 83.2 Å². The number of nitrogens with one attached hydrogen (secondary N) is 3. The molecule has 3 heterocycles. The molecule has 42 heavy (non-hydrogen) atoms. The molecule has 216 valence electrons. The van der Waals surface area contributed by atoms with Gasteiger partial charge in [0.25, 0.3) is 5.91 Å². The van der Waals surface area contributed by atoms with Crippen LogP contribution in [0.4, 0.5) is 20.6 Å². The minimum Gasteiger partial charge on any atom is -0.453 e. The molecular formula is C29H27ClFN7O4. The van der Waals surface area contributed by atoms with Gasteiger partial charge in [-0.05, 0) is 43.2 Å². The van der Waals surface area contributed by atoms with E-state index in [0.717, 1.165) is 0 Å². The molecule has 2 aromatic heterocycles. The number of fused-ring (bicyclic) bond motifs is 4. The largest absolute Gasteiger partial charge is 0.453 e. The zero-order chi connectivity index (χ0) is 29.8. The van der Waals surface area contributed by atoms with Gasteiger partial charge in [-0.3, -0.25) is 14.9 Å². The van der Waals surface area contributed by atoms with Gasteiger partial charge in [-0.2, -0.15) is 15.3 Å². The zero-order valence-electron chi connectivity index (χ0n) is 22.7. The van der Waals surface area contributed by atoms with Crippen LogP contribution in [0.25, 0.3) is 16.8 Å². The smallest absolute Gasteiger partial charge is 0.411 e. The Kier molecular flexibility index (Phi) is 8.43. The molecule has 0 saturated heterocycles. The zero-order valence-corrected chi connectivity index (χ0v) is 23.5. The van der Waals surface area contributed by atoms with Crippen LogP contribution in [0.15, 0.2) is 61.1 Å². The topological polar surface area (TPSA) is 140 Å². The predicted octanol–water partition coefficient (Wildman–Crippen LogP) is 5.53. The lowest BCUT2D eigenvalue weighted by Gasteiger charge is -2.22. The minimum atomic E-state index is -0.646. The van der Waals surface area contributed by atoms with E-state index in [1.807, 2.05) is 6.92 Å². The van der Waals surface area contributed by atoms with Crippen molar-refractivity contribution in [2.45, 2.75) is 32.2 Å². The quantitative estimate of drug-likeness (QED) is 0.283. The Bertz CT molecular complexity index is 1660. The van der Waals surface area contributed by atoms with Gasteiger partial charge in [-0.1, -0.05) is 37.1 Å². The Morgan fingerprint density at radius 3 is 2.81 bits per heavy atom. The van der Waals surface area contributed by atoms with Crippen LogP contribution in [-0.2, 0) is 9.53 Å². The molecule has 13 heteroatoms. The van der Waals surface area contributed by atoms with Crippen molar-refractivity contribution in [3.8, 4) is 16.8 Å². The highest BCUT2D eigenvalue weighted by molar-refractivity contribution is 6.30. The first-order valence-corrected chi connectivity index (χ1v) is 13.5. The Hall–Kier alpha value is -4.84. The van der Waals surface area contributed by atoms with Crippen LogP contribution in [0.1, 0.15) is 48.3 Å². The molecule has 2 bridgehead atoms. The van der Waals surface area contributed by atoms with Gasteiger partial charge in [0, 0.05) is 28.9 Å². The maximum Gasteiger partial charge on any atom is 0.411 e. The van der Waals surface area contributed by atoms with E-state index in [4.69, 9.17) is 11.6 Å². The summed E-state index contributed by atoms with van der Waals surface area (Å²) in [6.07, 6.45) is 5.33. The van der Waals surface area contributed by atoms with Crippen molar-refractivity contribution in [2.24, 2.45) is 5.92 Å². The number of hydrogen-bond donors (Lipinski definition) is 3. The maximum atomic E-state index is 14.5. The fourth-order valence-electron chi connectivity index (χ4n) is 4.64. The third-order valence-corrected chi connectivity index (χ3v) is 7.25. The van der Waals surface area contributed by atoms with Gasteiger partial charge in [-0.25, -0.2) is 13.9 Å². The summed E-state index contributed by atoms with van der Waals surface area (Å²) in [6.45, 7) is 1.83. The van der Waals surface area contributed by atoms with Crippen LogP contribution in [0.3, 0.4) is 0 Å². The fraction of sp³-hybridized carbons (Fsp3) is 0.241. The standard InChI is InChI=1S/C29H27ClFN7O4/c1-16-5-3-7-22(35-28(40)18-14-33-38(15-18)25-8-4-6-21(30)26(25)31)24-11-17(13-32-37-24)20-10-9-19(34-29(41)42-2)12-23(20)36-27(16)39/h4,6,8-16,22H,3,5,7H2,1-2H3,(H,34,41)(H,35,40)(H,36,39). The number of rotatable bonds is 4. The average molecular weight is 592 g/mol. The van der Waals surface area contributed by atoms with Crippen molar-refractivity contribution in [3.63, 3.8) is 0 Å². The highest BCUT2D eigenvalue weighted by atomic mass is 35.5. The van der Waals surface area contributed by atoms with Gasteiger partial charge in [-0.15, -0.1) is 0 Å². The number of amides is 3. The van der Waals surface area contributed by atoms with Crippen molar-refractivity contribution in [1.82, 2.24) is 25.3 Å². The molecule has 2 atom stereocenters. The van der Waals surface area contributed by atoms with Crippen LogP contribution >= 0.6 is 11.6 Å². The molecule has 5 rings (SSSR count). The third-order valence-electron chi connectivity index (χ3n) is 6.96. The van der Waals surface area contributed by atoms with Gasteiger partial charge in [0.1, 0.15) is 5.69 Å². The lowest BCUT2D eigenvalue weighted by atomic mass is 9.96. The molecule has 2 aromatic carbocycles. The molecule has 0 saturated carbocycles. The first kappa shape index (κ1) is 28.7. The second kappa shape index (κ2) is 12.4. The van der Waals surface area contributed by atoms with Gasteiger partial charge >= 0.3 is 6.09 Å². The molecule has 0 fully saturated rings. The van der Waals surface area contributed by atoms with Gasteiger partial charge in [0.2, 0.25) is 5.91 Å². The number of methoxy groups -OCH3 is 1. The Morgan fingerprint density at radius 1 is 1.17 bits per heavy atom. The number of aromatic nitrogens is 4. The Morgan fingerprint density at radius 2 is 2.00 bits per heavy atom. The van der Waals surface area contributed by atoms with Crippen LogP contribution in [0, 0.1) is 11.7 Å². The van der Waals surface area contributed by atoms with Crippen molar-refractivity contribution < 1.29 is 23.5 Å². The van der Waals surface area contributed by atoms with E-state index in [-0.39, 0.29) is 28.1 Å². The van der Waals surface area contributed by atoms with E-state index in [0.29, 0.717) is 47.5 Å². The first-order chi connectivity index (χ1) is 20.2. The summed E-state index contributed by atoms with van der Waals surface area (Å²) in [6, 6.07) is 10.9. The van der Waals surface area contributed by atoms with Crippen LogP contribution in [0.5, 0.6) is 0 Å². The van der Waals surface area contributed by atoms with Crippen LogP contribution in [-0.4, -0.2) is 45.0 Å². The molecule has 1 aliphatic rings. The molecule has 4 aromatic rings. The highest BCUT2D eigenvalue weighted by Crippen LogP contribution is 2.33. The first-order valence-electron chi connectivity index (χ1n) is 13.2. The van der Waals surface area contributed by atoms with Crippen molar-refractivity contribution in [1.29, 1.82) is 0 Å². The SMILES string of the molecule is COC(=O)Nc1ccc2c(c1)NC(=O)C(C)CCCC(NC(=O)c1cnn(-c3cccc(Cl)c3F)c1)c1cc-2cnn1. The van der Waals surface area contributed by atoms with Crippen LogP contribution < -0.4 is 16.0 Å². The van der Waals surface area contributed by atoms with Crippen molar-refractivity contribution >= 4 is 40.9 Å². The molecule has 0 aliphatic carbocycles. The average Bonchev–Trinajstić information content (AvgIpc) is 3.48. The summed E-state index contributed by atoms with van der Waals surface area (Å²) in [4.78, 5) is 38.1. The molecule has 3 amide bonds. The summed E-state index contributed by atoms with van der Waals surface area (Å²) in [5.74, 6) is -1.60. The third kappa shape index (κ3) is 6.23. The Labute approximate surface area is 245 Å². The fourth-order valence-corrected chi connectivity index (χ4v) is 4.81. The van der Waals surface area contributed by atoms with Gasteiger partial charge in [0.15, 0.2) is 5.82 Å². The number of nitrogens with zero attached hydrogens (tertiary/aromatic N) is 4. The lowest BCUT2D eigenvalue weighted by molar-refractivity contribution is -0.119. The van der Waals surface area contributed by atoms with Gasteiger partial charge < -0.3 is 15.4 Å². The molecule has 3 N–H and O–H groups in total. The van der Waals surface area contributed by atoms with Gasteiger partial charge in [0.05, 0.1) is 47.5 Å². The number of halogens is 2. The van der Waals surface area contributed by atoms with E-state index in [9.17, 15) is 18.8 Å². The maximum absolute atomic E-state index is 14.5. The second-order valence-corrected chi connectivity index (χ2v) is 10.2. The monoisotopic (exact) mass is 591 g/mol. The van der Waals surface area contributed by atoms with E-state index >= 15 is 0 Å². The lowest BCUT2D eigenvalue weighted by Crippen LogP contribution is -2.30. The van der Waals surface area contributed by atoms with E-state index in [1.54, 1.807) is 36.5 Å². The number of ether oxygens (including phenoxy) is 1. The van der Waals surface area contributed by atoms with E-state index in [1.165, 1.54) is 36.3 Å². The molecule has 11 nitrogen and oxygen atoms in total. The summed E-state index contributed by atoms with van der Waals surface area (Å²) in [5.41, 5.74) is 3.06. The summed E-state index contributed by atoms with van der Waals surface area (Å²) in [7, 11) is 1.26. The molecule has 0 radical (unpaired) electrons. The predicted molar refractivity (Wildman–Crippen MR) is 154 cm³/mol. The van der Waals surface area contributed by atoms with E-state index in [2.05, 4.69) is 36.0 Å². The van der Waals surface area contributed by atoms with Crippen LogP contribution in [0.2, 0.25) is 5.02 Å². The number of carbonyl (C=O) groups excluding carboxylic acids is 3. The minimum absolute atomic E-state index is 0.0545. The second-order valence-electron chi connectivity index (χ2n) is 9.84. The molecule has 0 spiro atoms. The number of hydrogen-bond acceptors (Lipinski definition) is 7. The number of carbonyl (C=O) groups is 3. The molecule has 2 unspecified atom stereocenters. The van der Waals surface area contributed by atoms with Crippen molar-refractivity contribution in [2.75, 3.05) is 17.7 Å². The normalized spacial score (nSPS) is 16.7. The molecular weight excluding hydrogens is 565 g/mol. The Balaban J connectivity index is 1.46. The van der Waals surface area contributed by atoms with E-state index < -0.39 is 23.9 Å². The summed E-state index contributed by atoms with van der Waals surface area (Å²) in [5, 5.41) is 21.1. The summed E-state index contributed by atoms with van der Waals surface area (Å²) >= 11 is 5.90. The highest BCUT2D eigenvalue weighted by Gasteiger charge is 2.24. The number of benzene rings is 2.